The van der Waals surface area contributed by atoms with Gasteiger partial charge in [0.05, 0.1) is 6.61 Å². The van der Waals surface area contributed by atoms with Gasteiger partial charge < -0.3 is 14.5 Å². The number of carbonyl (C=O) groups is 2. The molecule has 0 aliphatic rings. The van der Waals surface area contributed by atoms with Crippen LogP contribution >= 0.6 is 11.3 Å². The topological polar surface area (TPSA) is 94.3 Å². The van der Waals surface area contributed by atoms with Crippen molar-refractivity contribution < 1.29 is 18.7 Å². The molecule has 0 unspecified atom stereocenters. The number of carbonyl (C=O) groups excluding carboxylic acids is 2. The van der Waals surface area contributed by atoms with Gasteiger partial charge in [-0.2, -0.15) is 11.3 Å². The molecular formula is C15H19N3O4S. The van der Waals surface area contributed by atoms with Gasteiger partial charge >= 0.3 is 5.97 Å². The molecule has 0 saturated carbocycles. The Hall–Kier alpha value is -2.22. The van der Waals surface area contributed by atoms with Crippen LogP contribution in [0.4, 0.5) is 0 Å². The second kappa shape index (κ2) is 9.04. The highest BCUT2D eigenvalue weighted by atomic mass is 32.1. The first kappa shape index (κ1) is 17.1. The Morgan fingerprint density at radius 3 is 2.96 bits per heavy atom. The molecule has 23 heavy (non-hydrogen) atoms. The lowest BCUT2D eigenvalue weighted by Gasteiger charge is -2.04. The van der Waals surface area contributed by atoms with Crippen molar-refractivity contribution in [3.05, 3.63) is 22.7 Å². The number of aromatic nitrogens is 2. The Morgan fingerprint density at radius 2 is 2.22 bits per heavy atom. The predicted octanol–water partition coefficient (Wildman–Crippen LogP) is 2.19. The van der Waals surface area contributed by atoms with E-state index in [9.17, 15) is 9.59 Å². The summed E-state index contributed by atoms with van der Waals surface area (Å²) in [6.45, 7) is 2.59. The van der Waals surface area contributed by atoms with Gasteiger partial charge in [0, 0.05) is 36.8 Å². The zero-order valence-corrected chi connectivity index (χ0v) is 13.7. The zero-order valence-electron chi connectivity index (χ0n) is 12.9. The minimum Gasteiger partial charge on any atom is -0.466 e. The van der Waals surface area contributed by atoms with Gasteiger partial charge in [-0.1, -0.05) is 0 Å². The van der Waals surface area contributed by atoms with E-state index in [1.54, 1.807) is 18.3 Å². The first-order valence-electron chi connectivity index (χ1n) is 7.46. The SMILES string of the molecule is CCOC(=O)CCCNC(=O)CCc1nnc(-c2ccsc2)o1. The monoisotopic (exact) mass is 337 g/mol. The molecule has 124 valence electrons. The molecule has 0 radical (unpaired) electrons. The van der Waals surface area contributed by atoms with Crippen LogP contribution in [0.1, 0.15) is 32.1 Å². The summed E-state index contributed by atoms with van der Waals surface area (Å²) in [6, 6.07) is 1.90. The van der Waals surface area contributed by atoms with Crippen molar-refractivity contribution in [2.75, 3.05) is 13.2 Å². The maximum Gasteiger partial charge on any atom is 0.305 e. The van der Waals surface area contributed by atoms with Crippen molar-refractivity contribution in [2.24, 2.45) is 0 Å². The molecule has 2 aromatic heterocycles. The molecule has 0 aromatic carbocycles. The Kier molecular flexibility index (Phi) is 6.74. The van der Waals surface area contributed by atoms with Crippen LogP contribution in [0.2, 0.25) is 0 Å². The number of aryl methyl sites for hydroxylation is 1. The minimum atomic E-state index is -0.242. The Bertz CT molecular complexity index is 624. The van der Waals surface area contributed by atoms with E-state index in [0.29, 0.717) is 44.2 Å². The highest BCUT2D eigenvalue weighted by Crippen LogP contribution is 2.20. The predicted molar refractivity (Wildman–Crippen MR) is 84.8 cm³/mol. The molecule has 2 rings (SSSR count). The van der Waals surface area contributed by atoms with Crippen LogP contribution < -0.4 is 5.32 Å². The molecule has 0 aliphatic heterocycles. The van der Waals surface area contributed by atoms with Crippen LogP contribution in [0.3, 0.4) is 0 Å². The average Bonchev–Trinajstić information content (AvgIpc) is 3.20. The van der Waals surface area contributed by atoms with Gasteiger partial charge in [-0.05, 0) is 24.8 Å². The molecule has 1 N–H and O–H groups in total. The standard InChI is InChI=1S/C15H19N3O4S/c1-2-21-14(20)4-3-8-16-12(19)5-6-13-17-18-15(22-13)11-7-9-23-10-11/h7,9-10H,2-6,8H2,1H3,(H,16,19). The van der Waals surface area contributed by atoms with E-state index in [1.165, 1.54) is 0 Å². The van der Waals surface area contributed by atoms with Crippen LogP contribution in [-0.2, 0) is 20.7 Å². The lowest BCUT2D eigenvalue weighted by atomic mass is 10.2. The first-order valence-corrected chi connectivity index (χ1v) is 8.40. The fourth-order valence-electron chi connectivity index (χ4n) is 1.86. The van der Waals surface area contributed by atoms with E-state index in [4.69, 9.17) is 9.15 Å². The Labute approximate surface area is 138 Å². The van der Waals surface area contributed by atoms with Gasteiger partial charge in [-0.3, -0.25) is 9.59 Å². The number of esters is 1. The normalized spacial score (nSPS) is 10.5. The highest BCUT2D eigenvalue weighted by molar-refractivity contribution is 7.08. The van der Waals surface area contributed by atoms with Crippen molar-refractivity contribution in [3.63, 3.8) is 0 Å². The van der Waals surface area contributed by atoms with Crippen molar-refractivity contribution in [3.8, 4) is 11.5 Å². The van der Waals surface area contributed by atoms with Crippen LogP contribution in [-0.4, -0.2) is 35.2 Å². The fraction of sp³-hybridized carbons (Fsp3) is 0.467. The summed E-state index contributed by atoms with van der Waals surface area (Å²) in [6.07, 6.45) is 1.53. The summed E-state index contributed by atoms with van der Waals surface area (Å²) >= 11 is 1.55. The van der Waals surface area contributed by atoms with Crippen molar-refractivity contribution in [2.45, 2.75) is 32.6 Å². The number of thiophene rings is 1. The summed E-state index contributed by atoms with van der Waals surface area (Å²) < 4.78 is 10.3. The molecule has 0 fully saturated rings. The molecule has 0 bridgehead atoms. The van der Waals surface area contributed by atoms with Crippen LogP contribution in [0.25, 0.3) is 11.5 Å². The molecule has 8 heteroatoms. The molecular weight excluding hydrogens is 318 g/mol. The molecule has 2 heterocycles. The van der Waals surface area contributed by atoms with E-state index >= 15 is 0 Å². The van der Waals surface area contributed by atoms with Crippen LogP contribution in [0.15, 0.2) is 21.2 Å². The molecule has 2 aromatic rings. The van der Waals surface area contributed by atoms with E-state index in [0.717, 1.165) is 5.56 Å². The summed E-state index contributed by atoms with van der Waals surface area (Å²) in [7, 11) is 0. The number of rotatable bonds is 9. The molecule has 0 saturated heterocycles. The van der Waals surface area contributed by atoms with Crippen molar-refractivity contribution in [1.29, 1.82) is 0 Å². The Balaban J connectivity index is 1.64. The number of nitrogens with zero attached hydrogens (tertiary/aromatic N) is 2. The number of hydrogen-bond acceptors (Lipinski definition) is 7. The molecule has 0 spiro atoms. The summed E-state index contributed by atoms with van der Waals surface area (Å²) in [5, 5.41) is 14.5. The fourth-order valence-corrected chi connectivity index (χ4v) is 2.49. The van der Waals surface area contributed by atoms with Crippen LogP contribution in [0, 0.1) is 0 Å². The largest absolute Gasteiger partial charge is 0.466 e. The number of nitrogens with one attached hydrogen (secondary N) is 1. The van der Waals surface area contributed by atoms with E-state index in [2.05, 4.69) is 15.5 Å². The maximum atomic E-state index is 11.7. The zero-order chi connectivity index (χ0) is 16.5. The van der Waals surface area contributed by atoms with Gasteiger partial charge in [0.15, 0.2) is 0 Å². The first-order chi connectivity index (χ1) is 11.2. The second-order valence-electron chi connectivity index (χ2n) is 4.77. The maximum absolute atomic E-state index is 11.7. The lowest BCUT2D eigenvalue weighted by Crippen LogP contribution is -2.25. The Morgan fingerprint density at radius 1 is 1.35 bits per heavy atom. The van der Waals surface area contributed by atoms with E-state index in [-0.39, 0.29) is 18.3 Å². The smallest absolute Gasteiger partial charge is 0.305 e. The number of amides is 1. The van der Waals surface area contributed by atoms with Crippen molar-refractivity contribution >= 4 is 23.2 Å². The van der Waals surface area contributed by atoms with Crippen molar-refractivity contribution in [1.82, 2.24) is 15.5 Å². The quantitative estimate of drug-likeness (QED) is 0.557. The van der Waals surface area contributed by atoms with Gasteiger partial charge in [-0.15, -0.1) is 10.2 Å². The van der Waals surface area contributed by atoms with Gasteiger partial charge in [0.2, 0.25) is 17.7 Å². The van der Waals surface area contributed by atoms with Gasteiger partial charge in [0.25, 0.3) is 0 Å². The van der Waals surface area contributed by atoms with E-state index in [1.807, 2.05) is 16.8 Å². The molecule has 0 atom stereocenters. The summed E-state index contributed by atoms with van der Waals surface area (Å²) in [5.41, 5.74) is 0.886. The molecule has 0 aliphatic carbocycles. The van der Waals surface area contributed by atoms with Crippen LogP contribution in [0.5, 0.6) is 0 Å². The average molecular weight is 337 g/mol. The third-order valence-electron chi connectivity index (χ3n) is 2.99. The third-order valence-corrected chi connectivity index (χ3v) is 3.67. The number of ether oxygens (including phenoxy) is 1. The third kappa shape index (κ3) is 5.82. The van der Waals surface area contributed by atoms with Gasteiger partial charge in [-0.25, -0.2) is 0 Å². The number of hydrogen-bond donors (Lipinski definition) is 1. The van der Waals surface area contributed by atoms with Gasteiger partial charge in [0.1, 0.15) is 0 Å². The second-order valence-corrected chi connectivity index (χ2v) is 5.55. The highest BCUT2D eigenvalue weighted by Gasteiger charge is 2.10. The van der Waals surface area contributed by atoms with E-state index < -0.39 is 0 Å². The molecule has 7 nitrogen and oxygen atoms in total. The minimum absolute atomic E-state index is 0.107. The summed E-state index contributed by atoms with van der Waals surface area (Å²) in [5.74, 6) is 0.557. The summed E-state index contributed by atoms with van der Waals surface area (Å²) in [4.78, 5) is 22.8. The lowest BCUT2D eigenvalue weighted by molar-refractivity contribution is -0.143. The molecule has 1 amide bonds.